The minimum Gasteiger partial charge on any atom is -0.321 e. The predicted octanol–water partition coefficient (Wildman–Crippen LogP) is 1.55. The molecule has 2 N–H and O–H groups in total. The monoisotopic (exact) mass is 316 g/mol. The first-order valence-corrected chi connectivity index (χ1v) is 7.99. The topological polar surface area (TPSA) is 76.8 Å². The van der Waals surface area contributed by atoms with Crippen molar-refractivity contribution in [2.45, 2.75) is 44.7 Å². The first-order valence-electron chi connectivity index (χ1n) is 7.99. The third kappa shape index (κ3) is 3.01. The van der Waals surface area contributed by atoms with Gasteiger partial charge in [-0.3, -0.25) is 14.2 Å². The van der Waals surface area contributed by atoms with Crippen molar-refractivity contribution < 1.29 is 4.79 Å². The second-order valence-corrected chi connectivity index (χ2v) is 7.03. The summed E-state index contributed by atoms with van der Waals surface area (Å²) in [6.07, 6.45) is 8.58. The van der Waals surface area contributed by atoms with Gasteiger partial charge in [0.25, 0.3) is 5.91 Å². The van der Waals surface area contributed by atoms with E-state index < -0.39 is 5.54 Å². The van der Waals surface area contributed by atoms with Crippen molar-refractivity contribution in [1.29, 1.82) is 0 Å². The smallest absolute Gasteiger partial charge is 0.252 e. The molecule has 124 valence electrons. The van der Waals surface area contributed by atoms with Crippen molar-refractivity contribution in [3.05, 3.63) is 30.9 Å². The number of piperidine rings is 1. The summed E-state index contributed by atoms with van der Waals surface area (Å²) >= 11 is 0. The molecule has 2 aromatic rings. The minimum absolute atomic E-state index is 0.0313. The van der Waals surface area contributed by atoms with E-state index in [1.54, 1.807) is 17.1 Å². The molecular formula is C16H24N6O. The van der Waals surface area contributed by atoms with Crippen LogP contribution >= 0.6 is 0 Å². The lowest BCUT2D eigenvalue weighted by Crippen LogP contribution is -2.52. The maximum Gasteiger partial charge on any atom is 0.252 e. The van der Waals surface area contributed by atoms with E-state index in [0.29, 0.717) is 12.8 Å². The lowest BCUT2D eigenvalue weighted by Gasteiger charge is -2.36. The van der Waals surface area contributed by atoms with Gasteiger partial charge in [-0.2, -0.15) is 10.2 Å². The number of carbonyl (C=O) groups is 1. The van der Waals surface area contributed by atoms with E-state index in [1.165, 1.54) is 0 Å². The van der Waals surface area contributed by atoms with E-state index in [-0.39, 0.29) is 11.4 Å². The van der Waals surface area contributed by atoms with E-state index in [4.69, 9.17) is 0 Å². The van der Waals surface area contributed by atoms with Crippen LogP contribution in [0.1, 0.15) is 33.6 Å². The fourth-order valence-corrected chi connectivity index (χ4v) is 2.92. The highest BCUT2D eigenvalue weighted by Gasteiger charge is 2.42. The third-order valence-corrected chi connectivity index (χ3v) is 4.32. The van der Waals surface area contributed by atoms with Gasteiger partial charge in [0.05, 0.1) is 17.4 Å². The van der Waals surface area contributed by atoms with Crippen molar-refractivity contribution in [3.8, 4) is 0 Å². The summed E-state index contributed by atoms with van der Waals surface area (Å²) in [5.41, 5.74) is -0.0364. The van der Waals surface area contributed by atoms with Crippen molar-refractivity contribution in [1.82, 2.24) is 24.9 Å². The first kappa shape index (κ1) is 15.7. The quantitative estimate of drug-likeness (QED) is 0.901. The Hall–Kier alpha value is -2.15. The Morgan fingerprint density at radius 1 is 1.30 bits per heavy atom. The summed E-state index contributed by atoms with van der Waals surface area (Å²) in [6.45, 7) is 7.82. The fourth-order valence-electron chi connectivity index (χ4n) is 2.92. The largest absolute Gasteiger partial charge is 0.321 e. The summed E-state index contributed by atoms with van der Waals surface area (Å²) in [5, 5.41) is 15.0. The predicted molar refractivity (Wildman–Crippen MR) is 88.2 cm³/mol. The first-order chi connectivity index (χ1) is 10.9. The van der Waals surface area contributed by atoms with Crippen LogP contribution in [0.5, 0.6) is 0 Å². The van der Waals surface area contributed by atoms with Crippen LogP contribution in [0.2, 0.25) is 0 Å². The van der Waals surface area contributed by atoms with Gasteiger partial charge in [-0.15, -0.1) is 0 Å². The van der Waals surface area contributed by atoms with Crippen molar-refractivity contribution in [2.75, 3.05) is 18.4 Å². The van der Waals surface area contributed by atoms with Gasteiger partial charge in [0.1, 0.15) is 5.54 Å². The van der Waals surface area contributed by atoms with Crippen LogP contribution in [-0.2, 0) is 15.9 Å². The molecule has 0 spiro atoms. The number of carbonyl (C=O) groups excluding carboxylic acids is 1. The molecular weight excluding hydrogens is 292 g/mol. The Labute approximate surface area is 136 Å². The highest BCUT2D eigenvalue weighted by atomic mass is 16.2. The summed E-state index contributed by atoms with van der Waals surface area (Å²) in [7, 11) is 0. The third-order valence-electron chi connectivity index (χ3n) is 4.32. The van der Waals surface area contributed by atoms with Gasteiger partial charge in [-0.1, -0.05) is 0 Å². The maximum absolute atomic E-state index is 13.0. The normalized spacial score (nSPS) is 17.9. The molecule has 2 aromatic heterocycles. The number of hydrogen-bond acceptors (Lipinski definition) is 4. The Morgan fingerprint density at radius 3 is 2.61 bits per heavy atom. The lowest BCUT2D eigenvalue weighted by molar-refractivity contribution is -0.126. The number of nitrogens with zero attached hydrogens (tertiary/aromatic N) is 4. The molecule has 3 rings (SSSR count). The molecule has 0 atom stereocenters. The Balaban J connectivity index is 1.83. The molecule has 0 aliphatic carbocycles. The number of nitrogens with one attached hydrogen (secondary N) is 2. The van der Waals surface area contributed by atoms with Crippen molar-refractivity contribution >= 4 is 11.6 Å². The van der Waals surface area contributed by atoms with Crippen LogP contribution in [0.3, 0.4) is 0 Å². The molecule has 23 heavy (non-hydrogen) atoms. The van der Waals surface area contributed by atoms with Crippen molar-refractivity contribution in [3.63, 3.8) is 0 Å². The highest BCUT2D eigenvalue weighted by Crippen LogP contribution is 2.29. The molecule has 0 bridgehead atoms. The van der Waals surface area contributed by atoms with Gasteiger partial charge >= 0.3 is 0 Å². The van der Waals surface area contributed by atoms with E-state index >= 15 is 0 Å². The van der Waals surface area contributed by atoms with Gasteiger partial charge in [0, 0.05) is 18.6 Å². The summed E-state index contributed by atoms with van der Waals surface area (Å²) in [6, 6.07) is 1.86. The second-order valence-electron chi connectivity index (χ2n) is 7.03. The number of rotatable bonds is 3. The molecule has 3 heterocycles. The molecule has 0 radical (unpaired) electrons. The van der Waals surface area contributed by atoms with E-state index in [0.717, 1.165) is 18.8 Å². The van der Waals surface area contributed by atoms with Gasteiger partial charge < -0.3 is 10.6 Å². The average Bonchev–Trinajstić information content (AvgIpc) is 3.19. The standard InChI is InChI=1S/C16H24N6O/c1-15(2,3)22-12-13(11-19-22)20-14(23)16(5-8-17-9-6-16)21-10-4-7-18-21/h4,7,10-12,17H,5-6,8-9H2,1-3H3,(H,20,23). The van der Waals surface area contributed by atoms with Crippen LogP contribution in [0.15, 0.2) is 30.9 Å². The number of aromatic nitrogens is 4. The molecule has 1 saturated heterocycles. The average molecular weight is 316 g/mol. The fraction of sp³-hybridized carbons (Fsp3) is 0.562. The maximum atomic E-state index is 13.0. The molecule has 1 fully saturated rings. The van der Waals surface area contributed by atoms with Gasteiger partial charge in [-0.05, 0) is 52.8 Å². The molecule has 0 saturated carbocycles. The van der Waals surface area contributed by atoms with Crippen LogP contribution in [0.25, 0.3) is 0 Å². The summed E-state index contributed by atoms with van der Waals surface area (Å²) in [4.78, 5) is 13.0. The molecule has 1 amide bonds. The highest BCUT2D eigenvalue weighted by molar-refractivity contribution is 5.96. The zero-order valence-corrected chi connectivity index (χ0v) is 13.9. The summed E-state index contributed by atoms with van der Waals surface area (Å²) < 4.78 is 3.64. The Bertz CT molecular complexity index is 661. The van der Waals surface area contributed by atoms with Crippen molar-refractivity contribution in [2.24, 2.45) is 0 Å². The number of anilines is 1. The van der Waals surface area contributed by atoms with Crippen LogP contribution < -0.4 is 10.6 Å². The van der Waals surface area contributed by atoms with Gasteiger partial charge in [-0.25, -0.2) is 0 Å². The molecule has 1 aliphatic heterocycles. The number of hydrogen-bond donors (Lipinski definition) is 2. The van der Waals surface area contributed by atoms with Gasteiger partial charge in [0.2, 0.25) is 0 Å². The molecule has 7 heteroatoms. The van der Waals surface area contributed by atoms with Crippen LogP contribution in [-0.4, -0.2) is 38.6 Å². The lowest BCUT2D eigenvalue weighted by atomic mass is 9.87. The SMILES string of the molecule is CC(C)(C)n1cc(NC(=O)C2(n3cccn3)CCNCC2)cn1. The van der Waals surface area contributed by atoms with E-state index in [9.17, 15) is 4.79 Å². The second kappa shape index (κ2) is 5.81. The molecule has 7 nitrogen and oxygen atoms in total. The van der Waals surface area contributed by atoms with Gasteiger partial charge in [0.15, 0.2) is 0 Å². The Kier molecular flexibility index (Phi) is 3.97. The zero-order chi connectivity index (χ0) is 16.5. The van der Waals surface area contributed by atoms with E-state index in [2.05, 4.69) is 41.6 Å². The van der Waals surface area contributed by atoms with Crippen LogP contribution in [0.4, 0.5) is 5.69 Å². The zero-order valence-electron chi connectivity index (χ0n) is 13.9. The molecule has 1 aliphatic rings. The molecule has 0 aromatic carbocycles. The Morgan fingerprint density at radius 2 is 2.04 bits per heavy atom. The van der Waals surface area contributed by atoms with Crippen LogP contribution in [0, 0.1) is 0 Å². The number of amides is 1. The molecule has 0 unspecified atom stereocenters. The summed E-state index contributed by atoms with van der Waals surface area (Å²) in [5.74, 6) is -0.0313. The minimum atomic E-state index is -0.640. The van der Waals surface area contributed by atoms with E-state index in [1.807, 2.05) is 23.1 Å².